The molecule has 3 rings (SSSR count). The number of pyridine rings is 1. The van der Waals surface area contributed by atoms with Gasteiger partial charge in [-0.3, -0.25) is 18.9 Å². The van der Waals surface area contributed by atoms with Crippen molar-refractivity contribution >= 4 is 17.5 Å². The van der Waals surface area contributed by atoms with E-state index in [1.165, 1.54) is 0 Å². The van der Waals surface area contributed by atoms with Gasteiger partial charge in [-0.2, -0.15) is 0 Å². The largest absolute Gasteiger partial charge is 0.349 e. The average molecular weight is 372 g/mol. The molecule has 0 aromatic carbocycles. The van der Waals surface area contributed by atoms with Crippen molar-refractivity contribution < 1.29 is 9.59 Å². The Hall–Kier alpha value is -2.48. The van der Waals surface area contributed by atoms with Crippen molar-refractivity contribution in [1.82, 2.24) is 29.7 Å². The van der Waals surface area contributed by atoms with Crippen LogP contribution in [0.4, 0.5) is 0 Å². The third kappa shape index (κ3) is 3.95. The summed E-state index contributed by atoms with van der Waals surface area (Å²) in [5.74, 6) is 0.718. The number of carbonyl (C=O) groups is 2. The molecule has 0 saturated carbocycles. The lowest BCUT2D eigenvalue weighted by molar-refractivity contribution is -0.131. The molecule has 0 aliphatic carbocycles. The molecule has 1 unspecified atom stereocenters. The second kappa shape index (κ2) is 8.04. The number of carbonyl (C=O) groups excluding carboxylic acids is 2. The summed E-state index contributed by atoms with van der Waals surface area (Å²) < 4.78 is 1.87. The number of rotatable bonds is 5. The van der Waals surface area contributed by atoms with Crippen molar-refractivity contribution in [3.05, 3.63) is 29.7 Å². The Bertz CT molecular complexity index is 829. The fourth-order valence-electron chi connectivity index (χ4n) is 3.47. The number of hydrogen-bond acceptors (Lipinski definition) is 5. The highest BCUT2D eigenvalue weighted by Crippen LogP contribution is 2.23. The molecule has 1 aliphatic heterocycles. The molecule has 1 fully saturated rings. The molecule has 27 heavy (non-hydrogen) atoms. The first-order valence-corrected chi connectivity index (χ1v) is 9.55. The van der Waals surface area contributed by atoms with E-state index in [1.807, 2.05) is 22.4 Å². The first-order chi connectivity index (χ1) is 12.9. The van der Waals surface area contributed by atoms with E-state index >= 15 is 0 Å². The highest BCUT2D eigenvalue weighted by Gasteiger charge is 2.30. The zero-order chi connectivity index (χ0) is 19.6. The van der Waals surface area contributed by atoms with Crippen LogP contribution in [0, 0.1) is 0 Å². The highest BCUT2D eigenvalue weighted by molar-refractivity contribution is 5.94. The fourth-order valence-corrected chi connectivity index (χ4v) is 3.47. The summed E-state index contributed by atoms with van der Waals surface area (Å²) in [4.78, 5) is 28.4. The Morgan fingerprint density at radius 2 is 1.96 bits per heavy atom. The van der Waals surface area contributed by atoms with Gasteiger partial charge in [-0.15, -0.1) is 10.2 Å². The monoisotopic (exact) mass is 372 g/mol. The van der Waals surface area contributed by atoms with Gasteiger partial charge >= 0.3 is 0 Å². The van der Waals surface area contributed by atoms with E-state index in [4.69, 9.17) is 0 Å². The smallest absolute Gasteiger partial charge is 0.252 e. The molecule has 1 saturated heterocycles. The van der Waals surface area contributed by atoms with Gasteiger partial charge in [-0.05, 0) is 32.0 Å². The minimum Gasteiger partial charge on any atom is -0.349 e. The normalized spacial score (nSPS) is 18.3. The van der Waals surface area contributed by atoms with E-state index < -0.39 is 0 Å². The summed E-state index contributed by atoms with van der Waals surface area (Å²) in [6.45, 7) is 7.77. The van der Waals surface area contributed by atoms with Gasteiger partial charge in [0.2, 0.25) is 5.91 Å². The van der Waals surface area contributed by atoms with Gasteiger partial charge in [0.1, 0.15) is 0 Å². The van der Waals surface area contributed by atoms with Crippen LogP contribution in [0.1, 0.15) is 55.8 Å². The second-order valence-electron chi connectivity index (χ2n) is 7.15. The van der Waals surface area contributed by atoms with Crippen molar-refractivity contribution in [1.29, 1.82) is 0 Å². The van der Waals surface area contributed by atoms with E-state index in [0.29, 0.717) is 24.3 Å². The lowest BCUT2D eigenvalue weighted by atomic mass is 10.1. The molecule has 0 spiro atoms. The molecule has 0 bridgehead atoms. The first-order valence-electron chi connectivity index (χ1n) is 9.55. The molecule has 0 radical (unpaired) electrons. The van der Waals surface area contributed by atoms with Crippen LogP contribution in [-0.4, -0.2) is 68.9 Å². The maximum absolute atomic E-state index is 12.6. The van der Waals surface area contributed by atoms with Crippen LogP contribution in [0.25, 0.3) is 5.65 Å². The maximum atomic E-state index is 12.6. The Morgan fingerprint density at radius 1 is 1.22 bits per heavy atom. The minimum atomic E-state index is -0.0902. The molecule has 2 aromatic heterocycles. The van der Waals surface area contributed by atoms with Crippen LogP contribution in [0.3, 0.4) is 0 Å². The van der Waals surface area contributed by atoms with Crippen molar-refractivity contribution in [3.8, 4) is 0 Å². The molecule has 1 aliphatic rings. The van der Waals surface area contributed by atoms with Crippen LogP contribution in [0.15, 0.2) is 18.3 Å². The topological polar surface area (TPSA) is 82.8 Å². The van der Waals surface area contributed by atoms with Gasteiger partial charge in [0.05, 0.1) is 11.6 Å². The van der Waals surface area contributed by atoms with E-state index in [1.54, 1.807) is 19.2 Å². The van der Waals surface area contributed by atoms with E-state index in [0.717, 1.165) is 25.2 Å². The molecular formula is C19H28N6O2. The standard InChI is InChI=1S/C19H28N6O2/c1-5-15(6-2)20-19(27)14-7-8-17-21-22-18(25(17)11-14)16-12-24(13(3)26)10-9-23(16)4/h7-8,11,15-16H,5-6,9-10,12H2,1-4H3,(H,20,27). The molecule has 2 amide bonds. The lowest BCUT2D eigenvalue weighted by Gasteiger charge is -2.38. The predicted octanol–water partition coefficient (Wildman–Crippen LogP) is 1.48. The molecule has 8 heteroatoms. The number of amides is 2. The quantitative estimate of drug-likeness (QED) is 0.860. The number of piperazine rings is 1. The van der Waals surface area contributed by atoms with E-state index in [9.17, 15) is 9.59 Å². The average Bonchev–Trinajstić information content (AvgIpc) is 3.09. The van der Waals surface area contributed by atoms with Crippen LogP contribution < -0.4 is 5.32 Å². The SMILES string of the molecule is CCC(CC)NC(=O)c1ccc2nnc(C3CN(C(C)=O)CCN3C)n2c1. The Balaban J connectivity index is 1.90. The number of aromatic nitrogens is 3. The summed E-state index contributed by atoms with van der Waals surface area (Å²) >= 11 is 0. The summed E-state index contributed by atoms with van der Waals surface area (Å²) in [7, 11) is 2.02. The van der Waals surface area contributed by atoms with Crippen LogP contribution in [0.2, 0.25) is 0 Å². The Kier molecular flexibility index (Phi) is 5.74. The van der Waals surface area contributed by atoms with Crippen molar-refractivity contribution in [3.63, 3.8) is 0 Å². The van der Waals surface area contributed by atoms with Gasteiger partial charge < -0.3 is 10.2 Å². The zero-order valence-electron chi connectivity index (χ0n) is 16.5. The third-order valence-electron chi connectivity index (χ3n) is 5.40. The number of fused-ring (bicyclic) bond motifs is 1. The molecule has 1 atom stereocenters. The van der Waals surface area contributed by atoms with Crippen molar-refractivity contribution in [2.45, 2.75) is 45.7 Å². The van der Waals surface area contributed by atoms with E-state index in [2.05, 4.69) is 34.3 Å². The van der Waals surface area contributed by atoms with Gasteiger partial charge in [0.15, 0.2) is 11.5 Å². The molecule has 8 nitrogen and oxygen atoms in total. The van der Waals surface area contributed by atoms with Crippen LogP contribution in [-0.2, 0) is 4.79 Å². The second-order valence-corrected chi connectivity index (χ2v) is 7.15. The molecule has 2 aromatic rings. The Labute approximate surface area is 159 Å². The van der Waals surface area contributed by atoms with Crippen LogP contribution >= 0.6 is 0 Å². The number of likely N-dealkylation sites (N-methyl/N-ethyl adjacent to an activating group) is 1. The van der Waals surface area contributed by atoms with Gasteiger partial charge in [-0.1, -0.05) is 13.8 Å². The number of nitrogens with one attached hydrogen (secondary N) is 1. The summed E-state index contributed by atoms with van der Waals surface area (Å²) in [5, 5.41) is 11.7. The van der Waals surface area contributed by atoms with Crippen molar-refractivity contribution in [2.75, 3.05) is 26.7 Å². The Morgan fingerprint density at radius 3 is 2.63 bits per heavy atom. The number of nitrogens with zero attached hydrogens (tertiary/aromatic N) is 5. The summed E-state index contributed by atoms with van der Waals surface area (Å²) in [5.41, 5.74) is 1.27. The summed E-state index contributed by atoms with van der Waals surface area (Å²) in [6.07, 6.45) is 3.59. The van der Waals surface area contributed by atoms with Gasteiger partial charge in [0, 0.05) is 38.8 Å². The minimum absolute atomic E-state index is 0.0602. The summed E-state index contributed by atoms with van der Waals surface area (Å²) in [6, 6.07) is 3.69. The van der Waals surface area contributed by atoms with E-state index in [-0.39, 0.29) is 23.9 Å². The molecule has 146 valence electrons. The first kappa shape index (κ1) is 19.3. The predicted molar refractivity (Wildman–Crippen MR) is 102 cm³/mol. The molecule has 1 N–H and O–H groups in total. The maximum Gasteiger partial charge on any atom is 0.252 e. The van der Waals surface area contributed by atoms with Gasteiger partial charge in [-0.25, -0.2) is 0 Å². The zero-order valence-corrected chi connectivity index (χ0v) is 16.5. The number of hydrogen-bond donors (Lipinski definition) is 1. The lowest BCUT2D eigenvalue weighted by Crippen LogP contribution is -2.48. The van der Waals surface area contributed by atoms with Crippen LogP contribution in [0.5, 0.6) is 0 Å². The molecule has 3 heterocycles. The van der Waals surface area contributed by atoms with Gasteiger partial charge in [0.25, 0.3) is 5.91 Å². The van der Waals surface area contributed by atoms with Crippen molar-refractivity contribution in [2.24, 2.45) is 0 Å². The third-order valence-corrected chi connectivity index (χ3v) is 5.40. The fraction of sp³-hybridized carbons (Fsp3) is 0.579. The molecular weight excluding hydrogens is 344 g/mol. The highest BCUT2D eigenvalue weighted by atomic mass is 16.2.